The third-order valence-corrected chi connectivity index (χ3v) is 7.27. The highest BCUT2D eigenvalue weighted by molar-refractivity contribution is 5.97. The van der Waals surface area contributed by atoms with Crippen LogP contribution in [-0.4, -0.2) is 42.6 Å². The molecule has 4 nitrogen and oxygen atoms in total. The lowest BCUT2D eigenvalue weighted by atomic mass is 9.86. The van der Waals surface area contributed by atoms with Gasteiger partial charge in [0.1, 0.15) is 5.75 Å². The van der Waals surface area contributed by atoms with Crippen LogP contribution in [-0.2, 0) is 4.79 Å². The molecule has 0 N–H and O–H groups in total. The predicted molar refractivity (Wildman–Crippen MR) is 119 cm³/mol. The molecule has 4 atom stereocenters. The molecule has 29 heavy (non-hydrogen) atoms. The Bertz CT molecular complexity index is 705. The molecule has 2 fully saturated rings. The van der Waals surface area contributed by atoms with E-state index in [0.717, 1.165) is 42.5 Å². The second-order valence-electron chi connectivity index (χ2n) is 9.78. The van der Waals surface area contributed by atoms with Crippen molar-refractivity contribution in [1.82, 2.24) is 4.90 Å². The minimum absolute atomic E-state index is 0.0903. The summed E-state index contributed by atoms with van der Waals surface area (Å²) in [6, 6.07) is 7.69. The summed E-state index contributed by atoms with van der Waals surface area (Å²) in [5, 5.41) is 0. The second-order valence-corrected chi connectivity index (χ2v) is 9.78. The number of ether oxygens (including phenoxy) is 1. The van der Waals surface area contributed by atoms with Gasteiger partial charge in [-0.05, 0) is 62.1 Å². The van der Waals surface area contributed by atoms with Crippen molar-refractivity contribution in [2.45, 2.75) is 84.2 Å². The molecule has 0 spiro atoms. The summed E-state index contributed by atoms with van der Waals surface area (Å²) in [6.07, 6.45) is 11.1. The van der Waals surface area contributed by atoms with Gasteiger partial charge in [-0.25, -0.2) is 0 Å². The highest BCUT2D eigenvalue weighted by atomic mass is 16.5. The Kier molecular flexibility index (Phi) is 6.48. The first-order valence-corrected chi connectivity index (χ1v) is 11.8. The van der Waals surface area contributed by atoms with Crippen molar-refractivity contribution in [2.24, 2.45) is 11.8 Å². The summed E-state index contributed by atoms with van der Waals surface area (Å²) in [5.41, 5.74) is 2.12. The van der Waals surface area contributed by atoms with Crippen molar-refractivity contribution < 1.29 is 9.53 Å². The molecular formula is C25H38N2O2. The predicted octanol–water partition coefficient (Wildman–Crippen LogP) is 5.18. The van der Waals surface area contributed by atoms with Crippen LogP contribution < -0.4 is 9.64 Å². The number of aryl methyl sites for hydroxylation is 1. The number of rotatable bonds is 8. The van der Waals surface area contributed by atoms with Crippen LogP contribution in [0.5, 0.6) is 5.75 Å². The van der Waals surface area contributed by atoms with E-state index < -0.39 is 0 Å². The van der Waals surface area contributed by atoms with Crippen molar-refractivity contribution in [1.29, 1.82) is 0 Å². The first-order valence-electron chi connectivity index (χ1n) is 11.8. The second kappa shape index (κ2) is 9.07. The summed E-state index contributed by atoms with van der Waals surface area (Å²) in [6.45, 7) is 8.75. The summed E-state index contributed by atoms with van der Waals surface area (Å²) in [5.74, 6) is 2.34. The van der Waals surface area contributed by atoms with E-state index in [4.69, 9.17) is 4.74 Å². The molecule has 1 aromatic carbocycles. The van der Waals surface area contributed by atoms with E-state index in [-0.39, 0.29) is 12.5 Å². The fourth-order valence-corrected chi connectivity index (χ4v) is 5.85. The van der Waals surface area contributed by atoms with E-state index in [1.54, 1.807) is 0 Å². The van der Waals surface area contributed by atoms with E-state index >= 15 is 0 Å². The smallest absolute Gasteiger partial charge is 0.265 e. The van der Waals surface area contributed by atoms with Gasteiger partial charge in [0.2, 0.25) is 0 Å². The minimum Gasteiger partial charge on any atom is -0.482 e. The fourth-order valence-electron chi connectivity index (χ4n) is 5.85. The maximum Gasteiger partial charge on any atom is 0.265 e. The first-order chi connectivity index (χ1) is 14.0. The van der Waals surface area contributed by atoms with Gasteiger partial charge in [0.15, 0.2) is 6.61 Å². The standard InChI is InChI=1S/C25H38N2O2/c1-4-5-6-7-20-13-21-9-10-22(14-20)26(21)15-19(3)16-27-23-12-18(2)8-11-24(23)29-17-25(27)28/h8,11-12,19-22H,4-7,9-10,13-17H2,1-3H3/t19-,20?,21+,22?/m1/s1. The molecule has 3 aliphatic heterocycles. The fraction of sp³-hybridized carbons (Fsp3) is 0.720. The van der Waals surface area contributed by atoms with Crippen LogP contribution in [0.3, 0.4) is 0 Å². The summed E-state index contributed by atoms with van der Waals surface area (Å²) in [4.78, 5) is 17.4. The van der Waals surface area contributed by atoms with Crippen LogP contribution in [0.1, 0.15) is 70.8 Å². The third kappa shape index (κ3) is 4.63. The van der Waals surface area contributed by atoms with E-state index in [1.807, 2.05) is 11.0 Å². The molecule has 1 aromatic rings. The van der Waals surface area contributed by atoms with Gasteiger partial charge in [0.05, 0.1) is 5.69 Å². The maximum absolute atomic E-state index is 12.6. The zero-order valence-electron chi connectivity index (χ0n) is 18.5. The average molecular weight is 399 g/mol. The largest absolute Gasteiger partial charge is 0.482 e. The first kappa shape index (κ1) is 20.7. The third-order valence-electron chi connectivity index (χ3n) is 7.27. The van der Waals surface area contributed by atoms with Gasteiger partial charge in [-0.15, -0.1) is 0 Å². The molecule has 1 amide bonds. The number of fused-ring (bicyclic) bond motifs is 3. The van der Waals surface area contributed by atoms with Crippen LogP contribution in [0.15, 0.2) is 18.2 Å². The Morgan fingerprint density at radius 1 is 1.14 bits per heavy atom. The number of piperidine rings is 1. The Hall–Kier alpha value is -1.55. The van der Waals surface area contributed by atoms with Crippen molar-refractivity contribution in [2.75, 3.05) is 24.6 Å². The van der Waals surface area contributed by atoms with Crippen molar-refractivity contribution >= 4 is 11.6 Å². The minimum atomic E-state index is 0.0903. The number of anilines is 1. The number of hydrogen-bond acceptors (Lipinski definition) is 3. The van der Waals surface area contributed by atoms with Gasteiger partial charge in [-0.3, -0.25) is 9.69 Å². The van der Waals surface area contributed by atoms with Crippen molar-refractivity contribution in [3.63, 3.8) is 0 Å². The molecule has 0 saturated carbocycles. The van der Waals surface area contributed by atoms with Gasteiger partial charge >= 0.3 is 0 Å². The number of carbonyl (C=O) groups is 1. The Labute approximate surface area is 176 Å². The molecule has 160 valence electrons. The lowest BCUT2D eigenvalue weighted by Crippen LogP contribution is -2.48. The number of amides is 1. The summed E-state index contributed by atoms with van der Waals surface area (Å²) in [7, 11) is 0. The molecule has 3 heterocycles. The topological polar surface area (TPSA) is 32.8 Å². The number of benzene rings is 1. The molecule has 4 heteroatoms. The zero-order valence-corrected chi connectivity index (χ0v) is 18.5. The van der Waals surface area contributed by atoms with Gasteiger partial charge < -0.3 is 9.64 Å². The van der Waals surface area contributed by atoms with Crippen LogP contribution in [0.2, 0.25) is 0 Å². The molecule has 2 saturated heterocycles. The Morgan fingerprint density at radius 3 is 2.62 bits per heavy atom. The van der Waals surface area contributed by atoms with Crippen LogP contribution in [0, 0.1) is 18.8 Å². The molecule has 3 aliphatic rings. The Morgan fingerprint density at radius 2 is 1.90 bits per heavy atom. The van der Waals surface area contributed by atoms with E-state index in [0.29, 0.717) is 5.92 Å². The number of carbonyl (C=O) groups excluding carboxylic acids is 1. The molecule has 0 aromatic heterocycles. The SMILES string of the molecule is CCCCCC1CC2CC[C@@H](C1)N2C[C@@H](C)CN1C(=O)COc2ccc(C)cc21. The van der Waals surface area contributed by atoms with Gasteiger partial charge in [-0.1, -0.05) is 45.6 Å². The van der Waals surface area contributed by atoms with E-state index in [1.165, 1.54) is 56.9 Å². The van der Waals surface area contributed by atoms with Gasteiger partial charge in [0, 0.05) is 25.2 Å². The number of unbranched alkanes of at least 4 members (excludes halogenated alkanes) is 2. The summed E-state index contributed by atoms with van der Waals surface area (Å²) >= 11 is 0. The lowest BCUT2D eigenvalue weighted by molar-refractivity contribution is -0.121. The van der Waals surface area contributed by atoms with Crippen molar-refractivity contribution in [3.05, 3.63) is 23.8 Å². The molecule has 2 unspecified atom stereocenters. The lowest BCUT2D eigenvalue weighted by Gasteiger charge is -2.41. The highest BCUT2D eigenvalue weighted by Crippen LogP contribution is 2.41. The highest BCUT2D eigenvalue weighted by Gasteiger charge is 2.41. The van der Waals surface area contributed by atoms with E-state index in [2.05, 4.69) is 37.8 Å². The molecule has 0 aliphatic carbocycles. The average Bonchev–Trinajstić information content (AvgIpc) is 2.92. The van der Waals surface area contributed by atoms with Crippen LogP contribution in [0.25, 0.3) is 0 Å². The van der Waals surface area contributed by atoms with Gasteiger partial charge in [-0.2, -0.15) is 0 Å². The van der Waals surface area contributed by atoms with Gasteiger partial charge in [0.25, 0.3) is 5.91 Å². The van der Waals surface area contributed by atoms with Crippen LogP contribution >= 0.6 is 0 Å². The van der Waals surface area contributed by atoms with E-state index in [9.17, 15) is 4.79 Å². The number of nitrogens with zero attached hydrogens (tertiary/aromatic N) is 2. The molecule has 0 radical (unpaired) electrons. The molecule has 2 bridgehead atoms. The molecular weight excluding hydrogens is 360 g/mol. The number of hydrogen-bond donors (Lipinski definition) is 0. The van der Waals surface area contributed by atoms with Crippen molar-refractivity contribution in [3.8, 4) is 5.75 Å². The zero-order chi connectivity index (χ0) is 20.4. The quantitative estimate of drug-likeness (QED) is 0.566. The normalized spacial score (nSPS) is 27.6. The molecule has 4 rings (SSSR count). The summed E-state index contributed by atoms with van der Waals surface area (Å²) < 4.78 is 5.65. The van der Waals surface area contributed by atoms with Crippen LogP contribution in [0.4, 0.5) is 5.69 Å². The Balaban J connectivity index is 1.36. The monoisotopic (exact) mass is 398 g/mol. The maximum atomic E-state index is 12.6.